The highest BCUT2D eigenvalue weighted by Crippen LogP contribution is 2.26. The molecule has 1 fully saturated rings. The summed E-state index contributed by atoms with van der Waals surface area (Å²) < 4.78 is 1.81. The van der Waals surface area contributed by atoms with E-state index in [1.54, 1.807) is 0 Å². The summed E-state index contributed by atoms with van der Waals surface area (Å²) in [7, 11) is 1.93. The summed E-state index contributed by atoms with van der Waals surface area (Å²) in [4.78, 5) is 14.5. The molecule has 3 aromatic rings. The molecule has 0 atom stereocenters. The van der Waals surface area contributed by atoms with Crippen molar-refractivity contribution < 1.29 is 0 Å². The number of piperazine rings is 1. The van der Waals surface area contributed by atoms with Gasteiger partial charge in [-0.15, -0.1) is 0 Å². The second-order valence-electron chi connectivity index (χ2n) is 7.20. The van der Waals surface area contributed by atoms with Gasteiger partial charge in [0.15, 0.2) is 5.65 Å². The van der Waals surface area contributed by atoms with E-state index in [9.17, 15) is 0 Å². The van der Waals surface area contributed by atoms with Crippen molar-refractivity contribution >= 4 is 28.5 Å². The van der Waals surface area contributed by atoms with E-state index < -0.39 is 0 Å². The van der Waals surface area contributed by atoms with Gasteiger partial charge in [-0.05, 0) is 37.6 Å². The van der Waals surface area contributed by atoms with Crippen LogP contribution in [0.2, 0.25) is 0 Å². The molecule has 0 aliphatic carbocycles. The van der Waals surface area contributed by atoms with Crippen molar-refractivity contribution in [1.29, 1.82) is 0 Å². The second kappa shape index (κ2) is 7.52. The Labute approximate surface area is 160 Å². The SMILES string of the molecule is CCCN1CCN(c2nc(Nc3cccc(C)c3)c3cnn(C)c3n2)CC1. The van der Waals surface area contributed by atoms with Crippen LogP contribution in [-0.4, -0.2) is 57.4 Å². The van der Waals surface area contributed by atoms with Crippen molar-refractivity contribution in [3.8, 4) is 0 Å². The van der Waals surface area contributed by atoms with Crippen LogP contribution in [0.3, 0.4) is 0 Å². The summed E-state index contributed by atoms with van der Waals surface area (Å²) in [6, 6.07) is 8.31. The zero-order chi connectivity index (χ0) is 18.8. The van der Waals surface area contributed by atoms with E-state index in [-0.39, 0.29) is 0 Å². The molecule has 142 valence electrons. The van der Waals surface area contributed by atoms with Gasteiger partial charge in [-0.2, -0.15) is 15.1 Å². The van der Waals surface area contributed by atoms with Crippen molar-refractivity contribution in [3.05, 3.63) is 36.0 Å². The quantitative estimate of drug-likeness (QED) is 0.750. The van der Waals surface area contributed by atoms with E-state index in [1.807, 2.05) is 24.0 Å². The molecule has 1 aliphatic heterocycles. The number of anilines is 3. The molecule has 7 nitrogen and oxygen atoms in total. The van der Waals surface area contributed by atoms with E-state index >= 15 is 0 Å². The summed E-state index contributed by atoms with van der Waals surface area (Å²) in [5.41, 5.74) is 3.09. The lowest BCUT2D eigenvalue weighted by atomic mass is 10.2. The van der Waals surface area contributed by atoms with E-state index in [0.717, 1.165) is 61.2 Å². The maximum Gasteiger partial charge on any atom is 0.229 e. The smallest absolute Gasteiger partial charge is 0.229 e. The average molecular weight is 365 g/mol. The average Bonchev–Trinajstić information content (AvgIpc) is 3.04. The number of rotatable bonds is 5. The van der Waals surface area contributed by atoms with Crippen LogP contribution in [0.1, 0.15) is 18.9 Å². The minimum atomic E-state index is 0.775. The first-order valence-electron chi connectivity index (χ1n) is 9.65. The molecule has 1 aliphatic rings. The first-order chi connectivity index (χ1) is 13.1. The third kappa shape index (κ3) is 3.73. The first kappa shape index (κ1) is 17.7. The van der Waals surface area contributed by atoms with E-state index in [2.05, 4.69) is 52.3 Å². The number of hydrogen-bond acceptors (Lipinski definition) is 6. The Balaban J connectivity index is 1.65. The first-order valence-corrected chi connectivity index (χ1v) is 9.65. The van der Waals surface area contributed by atoms with Gasteiger partial charge in [-0.1, -0.05) is 19.1 Å². The predicted molar refractivity (Wildman–Crippen MR) is 110 cm³/mol. The zero-order valence-corrected chi connectivity index (χ0v) is 16.3. The number of benzene rings is 1. The van der Waals surface area contributed by atoms with Gasteiger partial charge in [0.1, 0.15) is 5.82 Å². The van der Waals surface area contributed by atoms with E-state index in [0.29, 0.717) is 0 Å². The predicted octanol–water partition coefficient (Wildman–Crippen LogP) is 2.95. The molecule has 3 heterocycles. The Bertz CT molecular complexity index is 925. The highest BCUT2D eigenvalue weighted by molar-refractivity contribution is 5.89. The molecule has 0 bridgehead atoms. The lowest BCUT2D eigenvalue weighted by Crippen LogP contribution is -2.47. The summed E-state index contributed by atoms with van der Waals surface area (Å²) in [5, 5.41) is 8.79. The fourth-order valence-corrected chi connectivity index (χ4v) is 3.59. The molecule has 2 aromatic heterocycles. The Morgan fingerprint density at radius 2 is 1.93 bits per heavy atom. The minimum Gasteiger partial charge on any atom is -0.339 e. The highest BCUT2D eigenvalue weighted by Gasteiger charge is 2.21. The third-order valence-electron chi connectivity index (χ3n) is 5.06. The number of hydrogen-bond donors (Lipinski definition) is 1. The molecular formula is C20H27N7. The molecular weight excluding hydrogens is 338 g/mol. The highest BCUT2D eigenvalue weighted by atomic mass is 15.4. The van der Waals surface area contributed by atoms with Crippen molar-refractivity contribution in [1.82, 2.24) is 24.6 Å². The van der Waals surface area contributed by atoms with Gasteiger partial charge in [0.25, 0.3) is 0 Å². The molecule has 1 N–H and O–H groups in total. The number of fused-ring (bicyclic) bond motifs is 1. The van der Waals surface area contributed by atoms with E-state index in [4.69, 9.17) is 9.97 Å². The Morgan fingerprint density at radius 3 is 2.67 bits per heavy atom. The van der Waals surface area contributed by atoms with Gasteiger partial charge >= 0.3 is 0 Å². The van der Waals surface area contributed by atoms with Gasteiger partial charge < -0.3 is 10.2 Å². The van der Waals surface area contributed by atoms with Crippen LogP contribution in [-0.2, 0) is 7.05 Å². The fraction of sp³-hybridized carbons (Fsp3) is 0.450. The topological polar surface area (TPSA) is 62.1 Å². The molecule has 0 saturated carbocycles. The lowest BCUT2D eigenvalue weighted by molar-refractivity contribution is 0.257. The zero-order valence-electron chi connectivity index (χ0n) is 16.3. The molecule has 0 unspecified atom stereocenters. The van der Waals surface area contributed by atoms with Crippen molar-refractivity contribution in [2.75, 3.05) is 42.9 Å². The molecule has 7 heteroatoms. The Kier molecular flexibility index (Phi) is 4.94. The number of nitrogens with zero attached hydrogens (tertiary/aromatic N) is 6. The maximum absolute atomic E-state index is 4.87. The molecule has 1 aromatic carbocycles. The molecule has 0 spiro atoms. The van der Waals surface area contributed by atoms with Crippen LogP contribution in [0, 0.1) is 6.92 Å². The maximum atomic E-state index is 4.87. The Morgan fingerprint density at radius 1 is 1.11 bits per heavy atom. The molecule has 4 rings (SSSR count). The van der Waals surface area contributed by atoms with Crippen LogP contribution in [0.15, 0.2) is 30.5 Å². The molecule has 1 saturated heterocycles. The summed E-state index contributed by atoms with van der Waals surface area (Å²) >= 11 is 0. The van der Waals surface area contributed by atoms with Gasteiger partial charge in [-0.25, -0.2) is 0 Å². The molecule has 27 heavy (non-hydrogen) atoms. The van der Waals surface area contributed by atoms with Crippen molar-refractivity contribution in [2.24, 2.45) is 7.05 Å². The second-order valence-corrected chi connectivity index (χ2v) is 7.20. The van der Waals surface area contributed by atoms with Gasteiger partial charge in [0.2, 0.25) is 5.95 Å². The summed E-state index contributed by atoms with van der Waals surface area (Å²) in [5.74, 6) is 1.59. The van der Waals surface area contributed by atoms with Crippen molar-refractivity contribution in [2.45, 2.75) is 20.3 Å². The third-order valence-corrected chi connectivity index (χ3v) is 5.06. The normalized spacial score (nSPS) is 15.4. The number of nitrogens with one attached hydrogen (secondary N) is 1. The van der Waals surface area contributed by atoms with Crippen LogP contribution in [0.4, 0.5) is 17.5 Å². The summed E-state index contributed by atoms with van der Waals surface area (Å²) in [6.45, 7) is 9.50. The van der Waals surface area contributed by atoms with Crippen LogP contribution >= 0.6 is 0 Å². The number of aromatic nitrogens is 4. The van der Waals surface area contributed by atoms with Crippen LogP contribution in [0.25, 0.3) is 11.0 Å². The van der Waals surface area contributed by atoms with Crippen molar-refractivity contribution in [3.63, 3.8) is 0 Å². The standard InChI is InChI=1S/C20H27N7/c1-4-8-26-9-11-27(12-10-26)20-23-18(17-14-21-25(3)19(17)24-20)22-16-7-5-6-15(2)13-16/h5-7,13-14H,4,8-12H2,1-3H3,(H,22,23,24). The van der Waals surface area contributed by atoms with Gasteiger partial charge in [-0.3, -0.25) is 9.58 Å². The van der Waals surface area contributed by atoms with Gasteiger partial charge in [0.05, 0.1) is 11.6 Å². The molecule has 0 radical (unpaired) electrons. The van der Waals surface area contributed by atoms with Crippen LogP contribution < -0.4 is 10.2 Å². The van der Waals surface area contributed by atoms with Gasteiger partial charge in [0, 0.05) is 38.9 Å². The number of aryl methyl sites for hydroxylation is 2. The van der Waals surface area contributed by atoms with E-state index in [1.165, 1.54) is 12.0 Å². The fourth-order valence-electron chi connectivity index (χ4n) is 3.59. The lowest BCUT2D eigenvalue weighted by Gasteiger charge is -2.34. The largest absolute Gasteiger partial charge is 0.339 e. The Hall–Kier alpha value is -2.67. The minimum absolute atomic E-state index is 0.775. The monoisotopic (exact) mass is 365 g/mol. The summed E-state index contributed by atoms with van der Waals surface area (Å²) in [6.07, 6.45) is 3.03. The molecule has 0 amide bonds. The van der Waals surface area contributed by atoms with Crippen LogP contribution in [0.5, 0.6) is 0 Å².